The zero-order valence-electron chi connectivity index (χ0n) is 27.6. The van der Waals surface area contributed by atoms with Gasteiger partial charge in [-0.15, -0.1) is 10.2 Å². The molecule has 3 amide bonds. The Bertz CT molecular complexity index is 1750. The number of nitrogens with one attached hydrogen (secondary N) is 5. The number of anilines is 1. The highest BCUT2D eigenvalue weighted by molar-refractivity contribution is 5.98. The summed E-state index contributed by atoms with van der Waals surface area (Å²) in [5.74, 6) is -2.62. The third-order valence-corrected chi connectivity index (χ3v) is 9.61. The quantitative estimate of drug-likeness (QED) is 0.138. The van der Waals surface area contributed by atoms with Gasteiger partial charge in [-0.25, -0.2) is 8.78 Å². The van der Waals surface area contributed by atoms with Gasteiger partial charge < -0.3 is 27.0 Å². The van der Waals surface area contributed by atoms with Crippen LogP contribution in [0.15, 0.2) is 60.7 Å². The fourth-order valence-electron chi connectivity index (χ4n) is 6.62. The predicted octanol–water partition coefficient (Wildman–Crippen LogP) is 3.72. The number of carbonyl (C=O) groups excluding carboxylic acids is 3. The summed E-state index contributed by atoms with van der Waals surface area (Å²) in [5, 5.41) is 25.7. The molecule has 0 radical (unpaired) electrons. The minimum Gasteiger partial charge on any atom is -0.349 e. The lowest BCUT2D eigenvalue weighted by Crippen LogP contribution is -2.48. The molecule has 2 aliphatic rings. The summed E-state index contributed by atoms with van der Waals surface area (Å²) >= 11 is 0. The van der Waals surface area contributed by atoms with Crippen LogP contribution in [0, 0.1) is 23.5 Å². The second kappa shape index (κ2) is 16.1. The molecule has 2 heterocycles. The Balaban J connectivity index is 1.15. The molecule has 12 nitrogen and oxygen atoms in total. The molecular weight excluding hydrogens is 644 g/mol. The number of carbonyl (C=O) groups is 3. The summed E-state index contributed by atoms with van der Waals surface area (Å²) in [6.45, 7) is 2.06. The van der Waals surface area contributed by atoms with E-state index in [-0.39, 0.29) is 29.9 Å². The fraction of sp³-hybridized carbons (Fsp3) is 0.389. The van der Waals surface area contributed by atoms with E-state index in [0.717, 1.165) is 43.6 Å². The molecule has 14 heteroatoms. The average Bonchev–Trinajstić information content (AvgIpc) is 3.67. The third-order valence-electron chi connectivity index (χ3n) is 9.61. The van der Waals surface area contributed by atoms with E-state index in [0.29, 0.717) is 60.8 Å². The van der Waals surface area contributed by atoms with Crippen LogP contribution in [0.4, 0.5) is 14.5 Å². The van der Waals surface area contributed by atoms with Crippen molar-refractivity contribution in [3.8, 4) is 22.5 Å². The molecule has 1 saturated heterocycles. The lowest BCUT2D eigenvalue weighted by molar-refractivity contribution is -0.130. The van der Waals surface area contributed by atoms with E-state index in [1.54, 1.807) is 48.5 Å². The number of tetrazole rings is 1. The highest BCUT2D eigenvalue weighted by Crippen LogP contribution is 2.29. The first-order valence-electron chi connectivity index (χ1n) is 17.0. The van der Waals surface area contributed by atoms with E-state index in [1.807, 2.05) is 0 Å². The standard InChI is InChI=1S/C36H41F2N9O3/c37-29-18-26(19-30(38)32(29)36(50)42-28-13-15-40-16-14-28)23-5-1-21(2-6-23)17-31(43-34(48)25-7-3-22(20-39)4-8-25)35(49)41-27-11-9-24(10-12-27)33-44-46-47-45-33/h1-2,5-6,9-12,18-19,22,25,28,31,40H,3-4,7-8,13-17,20,39H2,(H,41,49)(H,42,50)(H,43,48)(H,44,45,46,47)/t22-,25-,31-/m0/s1. The first kappa shape index (κ1) is 34.8. The van der Waals surface area contributed by atoms with Crippen molar-refractivity contribution in [3.63, 3.8) is 0 Å². The Kier molecular flexibility index (Phi) is 11.2. The van der Waals surface area contributed by atoms with Crippen molar-refractivity contribution in [2.24, 2.45) is 17.6 Å². The van der Waals surface area contributed by atoms with Gasteiger partial charge in [-0.05, 0) is 122 Å². The van der Waals surface area contributed by atoms with Gasteiger partial charge in [-0.1, -0.05) is 24.3 Å². The van der Waals surface area contributed by atoms with Crippen molar-refractivity contribution in [1.29, 1.82) is 0 Å². The number of H-pyrrole nitrogens is 1. The number of nitrogens with zero attached hydrogens (tertiary/aromatic N) is 3. The summed E-state index contributed by atoms with van der Waals surface area (Å²) in [6.07, 6.45) is 4.71. The molecule has 50 heavy (non-hydrogen) atoms. The maximum Gasteiger partial charge on any atom is 0.257 e. The number of hydrogen-bond donors (Lipinski definition) is 6. The van der Waals surface area contributed by atoms with Crippen molar-refractivity contribution < 1.29 is 23.2 Å². The molecule has 1 aliphatic heterocycles. The first-order valence-corrected chi connectivity index (χ1v) is 17.0. The molecule has 4 aromatic rings. The van der Waals surface area contributed by atoms with Gasteiger partial charge in [-0.3, -0.25) is 14.4 Å². The smallest absolute Gasteiger partial charge is 0.257 e. The molecule has 0 unspecified atom stereocenters. The number of piperidine rings is 1. The highest BCUT2D eigenvalue weighted by atomic mass is 19.1. The number of hydrogen-bond acceptors (Lipinski definition) is 8. The maximum absolute atomic E-state index is 15.1. The van der Waals surface area contributed by atoms with Gasteiger partial charge in [0.05, 0.1) is 0 Å². The molecule has 1 aromatic heterocycles. The van der Waals surface area contributed by atoms with Crippen LogP contribution < -0.4 is 27.0 Å². The first-order chi connectivity index (χ1) is 24.3. The lowest BCUT2D eigenvalue weighted by Gasteiger charge is -2.28. The van der Waals surface area contributed by atoms with Gasteiger partial charge in [0, 0.05) is 29.6 Å². The fourth-order valence-corrected chi connectivity index (χ4v) is 6.62. The second-order valence-electron chi connectivity index (χ2n) is 13.0. The second-order valence-corrected chi connectivity index (χ2v) is 13.0. The van der Waals surface area contributed by atoms with Crippen LogP contribution in [0.1, 0.15) is 54.4 Å². The number of aromatic nitrogens is 4. The van der Waals surface area contributed by atoms with Gasteiger partial charge in [-0.2, -0.15) is 5.21 Å². The Morgan fingerprint density at radius 2 is 1.52 bits per heavy atom. The molecular formula is C36H41F2N9O3. The van der Waals surface area contributed by atoms with E-state index < -0.39 is 35.1 Å². The average molecular weight is 686 g/mol. The molecule has 0 bridgehead atoms. The molecule has 2 fully saturated rings. The van der Waals surface area contributed by atoms with Crippen molar-refractivity contribution in [2.45, 2.75) is 57.0 Å². The van der Waals surface area contributed by atoms with Crippen molar-refractivity contribution in [3.05, 3.63) is 83.4 Å². The maximum atomic E-state index is 15.1. The number of benzene rings is 3. The molecule has 6 rings (SSSR count). The third kappa shape index (κ3) is 8.55. The topological polar surface area (TPSA) is 180 Å². The molecule has 3 aromatic carbocycles. The van der Waals surface area contributed by atoms with Crippen LogP contribution in [0.25, 0.3) is 22.5 Å². The number of rotatable bonds is 11. The van der Waals surface area contributed by atoms with Crippen LogP contribution in [0.3, 0.4) is 0 Å². The number of aromatic amines is 1. The van der Waals surface area contributed by atoms with Crippen molar-refractivity contribution >= 4 is 23.4 Å². The van der Waals surface area contributed by atoms with Crippen molar-refractivity contribution in [2.75, 3.05) is 25.0 Å². The summed E-state index contributed by atoms with van der Waals surface area (Å²) in [7, 11) is 0. The normalized spacial score (nSPS) is 18.6. The minimum atomic E-state index is -0.944. The van der Waals surface area contributed by atoms with Gasteiger partial charge in [0.2, 0.25) is 17.6 Å². The molecule has 0 spiro atoms. The molecule has 7 N–H and O–H groups in total. The van der Waals surface area contributed by atoms with E-state index in [2.05, 4.69) is 41.9 Å². The van der Waals surface area contributed by atoms with E-state index in [1.165, 1.54) is 0 Å². The van der Waals surface area contributed by atoms with Gasteiger partial charge >= 0.3 is 0 Å². The van der Waals surface area contributed by atoms with Crippen molar-refractivity contribution in [1.82, 2.24) is 36.6 Å². The monoisotopic (exact) mass is 685 g/mol. The summed E-state index contributed by atoms with van der Waals surface area (Å²) in [4.78, 5) is 39.7. The summed E-state index contributed by atoms with van der Waals surface area (Å²) in [5.41, 5.74) is 7.99. The zero-order valence-corrected chi connectivity index (χ0v) is 27.6. The van der Waals surface area contributed by atoms with Gasteiger partial charge in [0.15, 0.2) is 0 Å². The van der Waals surface area contributed by atoms with Gasteiger partial charge in [0.25, 0.3) is 5.91 Å². The Morgan fingerprint density at radius 3 is 2.14 bits per heavy atom. The largest absolute Gasteiger partial charge is 0.349 e. The van der Waals surface area contributed by atoms with Crippen LogP contribution in [0.2, 0.25) is 0 Å². The van der Waals surface area contributed by atoms with Crippen LogP contribution >= 0.6 is 0 Å². The number of amides is 3. The molecule has 262 valence electrons. The van der Waals surface area contributed by atoms with Gasteiger partial charge in [0.1, 0.15) is 23.2 Å². The number of nitrogens with two attached hydrogens (primary N) is 1. The summed E-state index contributed by atoms with van der Waals surface area (Å²) in [6, 6.07) is 15.1. The Hall–Kier alpha value is -5.08. The zero-order chi connectivity index (χ0) is 35.0. The Morgan fingerprint density at radius 1 is 0.860 bits per heavy atom. The Labute approximate surface area is 288 Å². The SMILES string of the molecule is NC[C@H]1CC[C@H](C(=O)N[C@@H](Cc2ccc(-c3cc(F)c(C(=O)NC4CCNCC4)c(F)c3)cc2)C(=O)Nc2ccc(-c3nn[nH]n3)cc2)CC1. The highest BCUT2D eigenvalue weighted by Gasteiger charge is 2.30. The van der Waals surface area contributed by atoms with Crippen LogP contribution in [0.5, 0.6) is 0 Å². The summed E-state index contributed by atoms with van der Waals surface area (Å²) < 4.78 is 30.2. The molecule has 1 aliphatic carbocycles. The molecule has 1 saturated carbocycles. The predicted molar refractivity (Wildman–Crippen MR) is 184 cm³/mol. The van der Waals surface area contributed by atoms with Crippen LogP contribution in [-0.4, -0.2) is 70.1 Å². The lowest BCUT2D eigenvalue weighted by atomic mass is 9.81. The van der Waals surface area contributed by atoms with E-state index >= 15 is 8.78 Å². The van der Waals surface area contributed by atoms with Crippen LogP contribution in [-0.2, 0) is 16.0 Å². The minimum absolute atomic E-state index is 0.139. The molecule has 1 atom stereocenters. The number of halogens is 2. The van der Waals surface area contributed by atoms with E-state index in [9.17, 15) is 14.4 Å². The van der Waals surface area contributed by atoms with E-state index in [4.69, 9.17) is 5.73 Å².